The highest BCUT2D eigenvalue weighted by Gasteiger charge is 2.12. The summed E-state index contributed by atoms with van der Waals surface area (Å²) in [5, 5.41) is 11.8. The van der Waals surface area contributed by atoms with Gasteiger partial charge in [-0.1, -0.05) is 17.7 Å². The van der Waals surface area contributed by atoms with Crippen molar-refractivity contribution in [3.05, 3.63) is 64.7 Å². The van der Waals surface area contributed by atoms with E-state index in [9.17, 15) is 4.79 Å². The van der Waals surface area contributed by atoms with Gasteiger partial charge < -0.3 is 14.5 Å². The zero-order chi connectivity index (χ0) is 16.4. The fraction of sp³-hybridized carbons (Fsp3) is 0.0588. The second-order valence-corrected chi connectivity index (χ2v) is 5.29. The number of fused-ring (bicyclic) bond motifs is 1. The lowest BCUT2D eigenvalue weighted by molar-refractivity contribution is 0.102. The van der Waals surface area contributed by atoms with E-state index in [0.29, 0.717) is 27.4 Å². The lowest BCUT2D eigenvalue weighted by atomic mass is 10.1. The molecule has 0 aliphatic rings. The Bertz CT molecular complexity index is 950. The molecule has 6 heteroatoms. The van der Waals surface area contributed by atoms with Gasteiger partial charge in [0.25, 0.3) is 5.91 Å². The Balaban J connectivity index is 1.96. The van der Waals surface area contributed by atoms with Gasteiger partial charge in [0.2, 0.25) is 5.55 Å². The van der Waals surface area contributed by atoms with Crippen molar-refractivity contribution in [3.8, 4) is 5.75 Å². The Morgan fingerprint density at radius 1 is 1.22 bits per heavy atom. The fourth-order valence-corrected chi connectivity index (χ4v) is 2.36. The number of rotatable bonds is 3. The van der Waals surface area contributed by atoms with Crippen LogP contribution in [0.5, 0.6) is 5.75 Å². The van der Waals surface area contributed by atoms with Crippen LogP contribution in [0.3, 0.4) is 0 Å². The number of ether oxygens (including phenoxy) is 1. The standard InChI is InChI=1S/C17H13ClN2O3/c1-22-13-4-2-3-12(9-13)20-17(21)14-8-10-7-11(18)5-6-15(10)23-16(14)19/h2-9,19H,1H3,(H,20,21). The summed E-state index contributed by atoms with van der Waals surface area (Å²) in [6, 6.07) is 13.6. The van der Waals surface area contributed by atoms with Crippen LogP contribution >= 0.6 is 11.6 Å². The summed E-state index contributed by atoms with van der Waals surface area (Å²) in [4.78, 5) is 12.4. The highest BCUT2D eigenvalue weighted by Crippen LogP contribution is 2.20. The van der Waals surface area contributed by atoms with E-state index in [-0.39, 0.29) is 11.1 Å². The van der Waals surface area contributed by atoms with E-state index < -0.39 is 5.91 Å². The molecule has 0 spiro atoms. The molecule has 0 aliphatic heterocycles. The number of anilines is 1. The molecule has 3 rings (SSSR count). The Labute approximate surface area is 137 Å². The lowest BCUT2D eigenvalue weighted by Gasteiger charge is -2.07. The number of amides is 1. The van der Waals surface area contributed by atoms with Gasteiger partial charge in [-0.15, -0.1) is 0 Å². The second kappa shape index (κ2) is 6.14. The number of hydrogen-bond acceptors (Lipinski definition) is 4. The first kappa shape index (κ1) is 15.1. The molecule has 2 aromatic carbocycles. The third kappa shape index (κ3) is 3.19. The molecule has 0 radical (unpaired) electrons. The van der Waals surface area contributed by atoms with E-state index >= 15 is 0 Å². The van der Waals surface area contributed by atoms with Crippen LogP contribution in [0.15, 0.2) is 52.9 Å². The molecule has 0 atom stereocenters. The van der Waals surface area contributed by atoms with Crippen molar-refractivity contribution >= 4 is 34.2 Å². The monoisotopic (exact) mass is 328 g/mol. The van der Waals surface area contributed by atoms with E-state index in [4.69, 9.17) is 26.2 Å². The van der Waals surface area contributed by atoms with Crippen LogP contribution in [0.25, 0.3) is 11.0 Å². The van der Waals surface area contributed by atoms with Crippen LogP contribution in [0.4, 0.5) is 5.69 Å². The normalized spacial score (nSPS) is 10.5. The first-order valence-corrected chi connectivity index (χ1v) is 7.18. The summed E-state index contributed by atoms with van der Waals surface area (Å²) in [5.41, 5.74) is 0.986. The number of hydrogen-bond donors (Lipinski definition) is 2. The number of carbonyl (C=O) groups is 1. The van der Waals surface area contributed by atoms with Gasteiger partial charge in [0.15, 0.2) is 0 Å². The Morgan fingerprint density at radius 2 is 2.04 bits per heavy atom. The lowest BCUT2D eigenvalue weighted by Crippen LogP contribution is -2.20. The first-order chi connectivity index (χ1) is 11.1. The van der Waals surface area contributed by atoms with E-state index in [1.54, 1.807) is 55.6 Å². The minimum atomic E-state index is -0.436. The van der Waals surface area contributed by atoms with Gasteiger partial charge in [-0.3, -0.25) is 10.2 Å². The van der Waals surface area contributed by atoms with Gasteiger partial charge >= 0.3 is 0 Å². The fourth-order valence-electron chi connectivity index (χ4n) is 2.18. The minimum absolute atomic E-state index is 0.127. The molecule has 0 fully saturated rings. The maximum atomic E-state index is 12.4. The third-order valence-corrected chi connectivity index (χ3v) is 3.54. The highest BCUT2D eigenvalue weighted by molar-refractivity contribution is 6.31. The molecule has 116 valence electrons. The molecule has 3 aromatic rings. The number of nitrogens with one attached hydrogen (secondary N) is 2. The summed E-state index contributed by atoms with van der Waals surface area (Å²) < 4.78 is 10.5. The molecule has 1 aromatic heterocycles. The van der Waals surface area contributed by atoms with Gasteiger partial charge in [-0.05, 0) is 36.4 Å². The molecule has 5 nitrogen and oxygen atoms in total. The zero-order valence-electron chi connectivity index (χ0n) is 12.2. The van der Waals surface area contributed by atoms with Crippen LogP contribution in [-0.2, 0) is 0 Å². The average molecular weight is 329 g/mol. The zero-order valence-corrected chi connectivity index (χ0v) is 13.0. The smallest absolute Gasteiger partial charge is 0.261 e. The Morgan fingerprint density at radius 3 is 2.83 bits per heavy atom. The number of halogens is 1. The third-order valence-electron chi connectivity index (χ3n) is 3.30. The van der Waals surface area contributed by atoms with Crippen molar-refractivity contribution in [1.29, 1.82) is 5.41 Å². The molecule has 2 N–H and O–H groups in total. The van der Waals surface area contributed by atoms with Crippen molar-refractivity contribution in [2.45, 2.75) is 0 Å². The maximum Gasteiger partial charge on any atom is 0.261 e. The van der Waals surface area contributed by atoms with E-state index in [0.717, 1.165) is 0 Å². The molecule has 0 saturated heterocycles. The predicted molar refractivity (Wildman–Crippen MR) is 88.0 cm³/mol. The van der Waals surface area contributed by atoms with Crippen LogP contribution in [0.1, 0.15) is 10.4 Å². The van der Waals surface area contributed by atoms with Gasteiger partial charge in [0.1, 0.15) is 16.9 Å². The molecule has 0 bridgehead atoms. The van der Waals surface area contributed by atoms with E-state index in [2.05, 4.69) is 5.32 Å². The molecule has 0 unspecified atom stereocenters. The number of benzene rings is 2. The number of carbonyl (C=O) groups excluding carboxylic acids is 1. The van der Waals surface area contributed by atoms with Crippen molar-refractivity contribution in [2.75, 3.05) is 12.4 Å². The molecule has 1 amide bonds. The second-order valence-electron chi connectivity index (χ2n) is 4.86. The van der Waals surface area contributed by atoms with Crippen molar-refractivity contribution in [3.63, 3.8) is 0 Å². The first-order valence-electron chi connectivity index (χ1n) is 6.80. The summed E-state index contributed by atoms with van der Waals surface area (Å²) in [5.74, 6) is 0.192. The van der Waals surface area contributed by atoms with Crippen LogP contribution in [0, 0.1) is 5.41 Å². The molecule has 23 heavy (non-hydrogen) atoms. The molecule has 1 heterocycles. The average Bonchev–Trinajstić information content (AvgIpc) is 2.54. The van der Waals surface area contributed by atoms with Crippen molar-refractivity contribution in [1.82, 2.24) is 0 Å². The predicted octanol–water partition coefficient (Wildman–Crippen LogP) is 3.83. The highest BCUT2D eigenvalue weighted by atomic mass is 35.5. The minimum Gasteiger partial charge on any atom is -0.497 e. The van der Waals surface area contributed by atoms with Crippen molar-refractivity contribution in [2.24, 2.45) is 0 Å². The quantitative estimate of drug-likeness (QED) is 0.767. The molecule has 0 saturated carbocycles. The SMILES string of the molecule is COc1cccc(NC(=O)c2cc3cc(Cl)ccc3oc2=N)c1. The van der Waals surface area contributed by atoms with Gasteiger partial charge in [0.05, 0.1) is 7.11 Å². The van der Waals surface area contributed by atoms with Crippen LogP contribution in [-0.4, -0.2) is 13.0 Å². The van der Waals surface area contributed by atoms with E-state index in [1.807, 2.05) is 0 Å². The topological polar surface area (TPSA) is 75.3 Å². The van der Waals surface area contributed by atoms with Crippen LogP contribution < -0.4 is 15.6 Å². The number of methoxy groups -OCH3 is 1. The van der Waals surface area contributed by atoms with Crippen molar-refractivity contribution < 1.29 is 13.9 Å². The Kier molecular flexibility index (Phi) is 4.04. The van der Waals surface area contributed by atoms with Gasteiger partial charge in [0, 0.05) is 22.2 Å². The van der Waals surface area contributed by atoms with Gasteiger partial charge in [-0.2, -0.15) is 0 Å². The molecular formula is C17H13ClN2O3. The summed E-state index contributed by atoms with van der Waals surface area (Å²) in [6.07, 6.45) is 0. The summed E-state index contributed by atoms with van der Waals surface area (Å²) >= 11 is 5.95. The van der Waals surface area contributed by atoms with E-state index in [1.165, 1.54) is 0 Å². The summed E-state index contributed by atoms with van der Waals surface area (Å²) in [6.45, 7) is 0. The molecular weight excluding hydrogens is 316 g/mol. The molecule has 0 aliphatic carbocycles. The Hall–Kier alpha value is -2.79. The maximum absolute atomic E-state index is 12.4. The van der Waals surface area contributed by atoms with Crippen LogP contribution in [0.2, 0.25) is 5.02 Å². The largest absolute Gasteiger partial charge is 0.497 e. The van der Waals surface area contributed by atoms with Gasteiger partial charge in [-0.25, -0.2) is 0 Å². The summed E-state index contributed by atoms with van der Waals surface area (Å²) in [7, 11) is 1.55.